The highest BCUT2D eigenvalue weighted by Gasteiger charge is 2.20. The summed E-state index contributed by atoms with van der Waals surface area (Å²) in [5.74, 6) is -0.952. The number of halogens is 1. The molecule has 2 atom stereocenters. The average molecular weight is 434 g/mol. The summed E-state index contributed by atoms with van der Waals surface area (Å²) < 4.78 is 15.1. The predicted molar refractivity (Wildman–Crippen MR) is 111 cm³/mol. The van der Waals surface area contributed by atoms with Crippen LogP contribution in [0.25, 0.3) is 0 Å². The van der Waals surface area contributed by atoms with E-state index in [1.54, 1.807) is 24.3 Å². The first-order chi connectivity index (χ1) is 14.3. The van der Waals surface area contributed by atoms with Crippen LogP contribution in [0.4, 0.5) is 4.79 Å². The van der Waals surface area contributed by atoms with E-state index < -0.39 is 24.4 Å². The van der Waals surface area contributed by atoms with Gasteiger partial charge < -0.3 is 19.5 Å². The van der Waals surface area contributed by atoms with Crippen LogP contribution in [0.1, 0.15) is 43.9 Å². The van der Waals surface area contributed by atoms with Gasteiger partial charge in [-0.1, -0.05) is 54.1 Å². The summed E-state index contributed by atoms with van der Waals surface area (Å²) in [6.07, 6.45) is -1.45. The molecule has 0 aromatic heterocycles. The monoisotopic (exact) mass is 433 g/mol. The molecule has 0 aliphatic carbocycles. The highest BCUT2D eigenvalue weighted by Crippen LogP contribution is 2.21. The van der Waals surface area contributed by atoms with Crippen molar-refractivity contribution in [3.63, 3.8) is 0 Å². The van der Waals surface area contributed by atoms with Crippen molar-refractivity contribution in [2.75, 3.05) is 0 Å². The van der Waals surface area contributed by atoms with E-state index in [4.69, 9.17) is 25.8 Å². The van der Waals surface area contributed by atoms with Crippen LogP contribution in [0.3, 0.4) is 0 Å². The highest BCUT2D eigenvalue weighted by atomic mass is 35.5. The molecule has 30 heavy (non-hydrogen) atoms. The Labute approximate surface area is 180 Å². The van der Waals surface area contributed by atoms with Crippen LogP contribution in [-0.2, 0) is 30.4 Å². The molecule has 0 saturated carbocycles. The van der Waals surface area contributed by atoms with Gasteiger partial charge in [-0.05, 0) is 29.7 Å². The molecular weight excluding hydrogens is 410 g/mol. The largest absolute Gasteiger partial charge is 0.461 e. The van der Waals surface area contributed by atoms with E-state index >= 15 is 0 Å². The van der Waals surface area contributed by atoms with Crippen molar-refractivity contribution in [1.29, 1.82) is 0 Å². The maximum atomic E-state index is 12.2. The molecule has 1 N–H and O–H groups in total. The van der Waals surface area contributed by atoms with Crippen LogP contribution in [0, 0.1) is 0 Å². The number of ether oxygens (including phenoxy) is 3. The zero-order valence-electron chi connectivity index (χ0n) is 16.8. The zero-order chi connectivity index (χ0) is 21.9. The Kier molecular flexibility index (Phi) is 9.15. The molecule has 2 unspecified atom stereocenters. The lowest BCUT2D eigenvalue weighted by Crippen LogP contribution is -2.33. The minimum atomic E-state index is -1.04. The van der Waals surface area contributed by atoms with E-state index in [-0.39, 0.29) is 25.4 Å². The van der Waals surface area contributed by atoms with Crippen molar-refractivity contribution in [2.45, 2.75) is 45.6 Å². The van der Waals surface area contributed by atoms with E-state index in [9.17, 15) is 14.4 Å². The number of rotatable bonds is 9. The fourth-order valence-corrected chi connectivity index (χ4v) is 2.80. The lowest BCUT2D eigenvalue weighted by Gasteiger charge is -2.20. The number of amides is 1. The summed E-state index contributed by atoms with van der Waals surface area (Å²) in [7, 11) is 0. The second-order valence-electron chi connectivity index (χ2n) is 6.52. The molecule has 160 valence electrons. The molecule has 2 rings (SSSR count). The highest BCUT2D eigenvalue weighted by molar-refractivity contribution is 6.30. The van der Waals surface area contributed by atoms with Gasteiger partial charge in [-0.15, -0.1) is 0 Å². The number of benzene rings is 2. The molecule has 2 aromatic rings. The second-order valence-corrected chi connectivity index (χ2v) is 6.95. The second kappa shape index (κ2) is 11.8. The Hall–Kier alpha value is -3.06. The van der Waals surface area contributed by atoms with Crippen LogP contribution in [0.2, 0.25) is 5.02 Å². The number of nitrogens with one attached hydrogen (secondary N) is 1. The van der Waals surface area contributed by atoms with Crippen LogP contribution in [0.15, 0.2) is 54.6 Å². The minimum absolute atomic E-state index is 0.0832. The van der Waals surface area contributed by atoms with Crippen molar-refractivity contribution in [2.24, 2.45) is 0 Å². The van der Waals surface area contributed by atoms with E-state index in [1.165, 1.54) is 13.8 Å². The molecule has 7 nitrogen and oxygen atoms in total. The van der Waals surface area contributed by atoms with Crippen molar-refractivity contribution in [1.82, 2.24) is 5.32 Å². The van der Waals surface area contributed by atoms with Crippen molar-refractivity contribution >= 4 is 29.6 Å². The van der Waals surface area contributed by atoms with Gasteiger partial charge in [0.2, 0.25) is 6.29 Å². The van der Waals surface area contributed by atoms with Crippen LogP contribution in [-0.4, -0.2) is 24.3 Å². The Morgan fingerprint density at radius 3 is 2.30 bits per heavy atom. The van der Waals surface area contributed by atoms with Crippen molar-refractivity contribution in [3.8, 4) is 0 Å². The quantitative estimate of drug-likeness (QED) is 0.461. The molecular formula is C22H24ClNO6. The van der Waals surface area contributed by atoms with Gasteiger partial charge in [-0.25, -0.2) is 4.79 Å². The fourth-order valence-electron chi connectivity index (χ4n) is 2.67. The van der Waals surface area contributed by atoms with Crippen molar-refractivity contribution in [3.05, 3.63) is 70.7 Å². The summed E-state index contributed by atoms with van der Waals surface area (Å²) in [5.41, 5.74) is 1.63. The molecule has 0 bridgehead atoms. The number of alkyl carbamates (subject to hydrolysis) is 1. The standard InChI is InChI=1S/C22H24ClNO6/c1-15(25)29-16(2)30-22(27)24-20(18-8-10-19(23)11-9-18)12-13-21(26)28-14-17-6-4-3-5-7-17/h3-11,16,20H,12-14H2,1-2H3,(H,24,27). The lowest BCUT2D eigenvalue weighted by molar-refractivity contribution is -0.162. The number of hydrogen-bond acceptors (Lipinski definition) is 6. The lowest BCUT2D eigenvalue weighted by atomic mass is 10.0. The molecule has 2 aromatic carbocycles. The van der Waals surface area contributed by atoms with Crippen molar-refractivity contribution < 1.29 is 28.6 Å². The smallest absolute Gasteiger partial charge is 0.410 e. The molecule has 0 aliphatic rings. The van der Waals surface area contributed by atoms with E-state index in [2.05, 4.69) is 5.32 Å². The predicted octanol–water partition coefficient (Wildman–Crippen LogP) is 4.54. The van der Waals surface area contributed by atoms with E-state index in [1.807, 2.05) is 30.3 Å². The minimum Gasteiger partial charge on any atom is -0.461 e. The number of carbonyl (C=O) groups is 3. The maximum Gasteiger partial charge on any atom is 0.410 e. The third kappa shape index (κ3) is 8.53. The first-order valence-corrected chi connectivity index (χ1v) is 9.80. The van der Waals surface area contributed by atoms with Gasteiger partial charge in [-0.2, -0.15) is 0 Å². The van der Waals surface area contributed by atoms with Gasteiger partial charge in [0.05, 0.1) is 6.04 Å². The molecule has 8 heteroatoms. The number of carbonyl (C=O) groups excluding carboxylic acids is 3. The Balaban J connectivity index is 1.94. The topological polar surface area (TPSA) is 90.9 Å². The first-order valence-electron chi connectivity index (χ1n) is 9.43. The van der Waals surface area contributed by atoms with Gasteiger partial charge in [0.1, 0.15) is 6.61 Å². The fraction of sp³-hybridized carbons (Fsp3) is 0.318. The van der Waals surface area contributed by atoms with Gasteiger partial charge in [-0.3, -0.25) is 9.59 Å². The van der Waals surface area contributed by atoms with Gasteiger partial charge in [0, 0.05) is 25.3 Å². The zero-order valence-corrected chi connectivity index (χ0v) is 17.6. The maximum absolute atomic E-state index is 12.2. The summed E-state index contributed by atoms with van der Waals surface area (Å²) in [4.78, 5) is 35.3. The third-order valence-corrected chi connectivity index (χ3v) is 4.30. The van der Waals surface area contributed by atoms with Crippen LogP contribution >= 0.6 is 11.6 Å². The summed E-state index contributed by atoms with van der Waals surface area (Å²) in [6, 6.07) is 15.7. The molecule has 0 saturated heterocycles. The van der Waals surface area contributed by atoms with Gasteiger partial charge in [0.15, 0.2) is 0 Å². The van der Waals surface area contributed by atoms with Crippen LogP contribution in [0.5, 0.6) is 0 Å². The van der Waals surface area contributed by atoms with E-state index in [0.29, 0.717) is 5.02 Å². The molecule has 0 aliphatic heterocycles. The SMILES string of the molecule is CC(=O)OC(C)OC(=O)NC(CCC(=O)OCc1ccccc1)c1ccc(Cl)cc1. The molecule has 0 heterocycles. The molecule has 0 fully saturated rings. The van der Waals surface area contributed by atoms with Gasteiger partial charge in [0.25, 0.3) is 0 Å². The summed E-state index contributed by atoms with van der Waals surface area (Å²) in [6.45, 7) is 2.83. The number of esters is 2. The normalized spacial score (nSPS) is 12.4. The summed E-state index contributed by atoms with van der Waals surface area (Å²) >= 11 is 5.93. The summed E-state index contributed by atoms with van der Waals surface area (Å²) in [5, 5.41) is 3.23. The molecule has 0 spiro atoms. The Morgan fingerprint density at radius 1 is 1.00 bits per heavy atom. The van der Waals surface area contributed by atoms with Crippen LogP contribution < -0.4 is 5.32 Å². The average Bonchev–Trinajstić information content (AvgIpc) is 2.70. The Morgan fingerprint density at radius 2 is 1.67 bits per heavy atom. The third-order valence-electron chi connectivity index (χ3n) is 4.05. The molecule has 0 radical (unpaired) electrons. The van der Waals surface area contributed by atoms with Gasteiger partial charge >= 0.3 is 18.0 Å². The molecule has 1 amide bonds. The van der Waals surface area contributed by atoms with E-state index in [0.717, 1.165) is 11.1 Å². The Bertz CT molecular complexity index is 840. The first kappa shape index (κ1) is 23.2. The number of hydrogen-bond donors (Lipinski definition) is 1.